The Kier molecular flexibility index (Phi) is 6.86. The third-order valence-electron chi connectivity index (χ3n) is 11.4. The van der Waals surface area contributed by atoms with Gasteiger partial charge in [-0.2, -0.15) is 14.0 Å². The van der Waals surface area contributed by atoms with Gasteiger partial charge in [0.1, 0.15) is 18.1 Å². The normalized spacial score (nSPS) is 40.5. The van der Waals surface area contributed by atoms with E-state index in [-0.39, 0.29) is 54.4 Å². The van der Waals surface area contributed by atoms with Gasteiger partial charge < -0.3 is 26.0 Å². The van der Waals surface area contributed by atoms with Crippen LogP contribution in [-0.2, 0) is 19.2 Å². The molecule has 7 fully saturated rings. The molecule has 230 valence electrons. The molecular formula is C29H38ClF2N5O5. The second kappa shape index (κ2) is 9.74. The Bertz CT molecular complexity index is 1240. The first-order valence-electron chi connectivity index (χ1n) is 15.0. The van der Waals surface area contributed by atoms with Gasteiger partial charge in [-0.3, -0.25) is 19.2 Å². The number of amides is 4. The summed E-state index contributed by atoms with van der Waals surface area (Å²) in [6.45, 7) is 4.70. The van der Waals surface area contributed by atoms with Crippen LogP contribution in [0.5, 0.6) is 0 Å². The molecule has 13 heteroatoms. The number of alkyl halides is 3. The van der Waals surface area contributed by atoms with Gasteiger partial charge >= 0.3 is 11.3 Å². The Balaban J connectivity index is 1.28. The number of halogens is 3. The summed E-state index contributed by atoms with van der Waals surface area (Å²) < 4.78 is 27.9. The average Bonchev–Trinajstić information content (AvgIpc) is 3.22. The van der Waals surface area contributed by atoms with E-state index >= 15 is 0 Å². The molecule has 10 nitrogen and oxygen atoms in total. The van der Waals surface area contributed by atoms with E-state index in [1.54, 1.807) is 0 Å². The molecule has 3 unspecified atom stereocenters. The summed E-state index contributed by atoms with van der Waals surface area (Å²) in [5, 5.41) is 24.6. The van der Waals surface area contributed by atoms with Gasteiger partial charge in [0.2, 0.25) is 17.7 Å². The molecule has 2 aliphatic heterocycles. The van der Waals surface area contributed by atoms with Crippen LogP contribution in [0, 0.1) is 51.8 Å². The highest BCUT2D eigenvalue weighted by Crippen LogP contribution is 2.66. The predicted octanol–water partition coefficient (Wildman–Crippen LogP) is 1.65. The molecule has 0 aromatic heterocycles. The van der Waals surface area contributed by atoms with E-state index in [0.717, 1.165) is 6.42 Å². The first kappa shape index (κ1) is 29.5. The predicted molar refractivity (Wildman–Crippen MR) is 144 cm³/mol. The van der Waals surface area contributed by atoms with Crippen LogP contribution in [0.4, 0.5) is 8.78 Å². The summed E-state index contributed by atoms with van der Waals surface area (Å²) in [4.78, 5) is 54.2. The zero-order valence-electron chi connectivity index (χ0n) is 23.8. The fraction of sp³-hybridized carbons (Fsp3) is 0.828. The van der Waals surface area contributed by atoms with E-state index in [4.69, 9.17) is 11.6 Å². The molecule has 2 heterocycles. The number of nitriles is 1. The van der Waals surface area contributed by atoms with Crippen LogP contribution in [0.1, 0.15) is 65.2 Å². The van der Waals surface area contributed by atoms with Crippen LogP contribution in [0.25, 0.3) is 0 Å². The van der Waals surface area contributed by atoms with Crippen molar-refractivity contribution < 1.29 is 33.1 Å². The molecule has 4 amide bonds. The number of hydrogen-bond donors (Lipinski definition) is 4. The van der Waals surface area contributed by atoms with Gasteiger partial charge in [0.25, 0.3) is 0 Å². The number of carbonyl (C=O) groups excluding carboxylic acids is 4. The largest absolute Gasteiger partial charge is 0.399 e. The Morgan fingerprint density at radius 2 is 1.88 bits per heavy atom. The quantitative estimate of drug-likeness (QED) is 0.307. The van der Waals surface area contributed by atoms with E-state index < -0.39 is 58.2 Å². The molecule has 0 spiro atoms. The fourth-order valence-corrected chi connectivity index (χ4v) is 9.90. The van der Waals surface area contributed by atoms with Gasteiger partial charge in [-0.1, -0.05) is 13.8 Å². The summed E-state index contributed by atoms with van der Waals surface area (Å²) in [5.74, 6) is -3.56. The Morgan fingerprint density at radius 3 is 2.43 bits per heavy atom. The molecule has 0 radical (unpaired) electrons. The molecule has 0 aromatic carbocycles. The highest BCUT2D eigenvalue weighted by atomic mass is 35.5. The van der Waals surface area contributed by atoms with E-state index in [1.807, 2.05) is 13.8 Å². The molecule has 5 saturated carbocycles. The number of piperidine rings is 1. The molecule has 7 aliphatic rings. The number of aliphatic hydroxyl groups is 1. The van der Waals surface area contributed by atoms with Crippen molar-refractivity contribution in [1.29, 1.82) is 5.26 Å². The van der Waals surface area contributed by atoms with Gasteiger partial charge in [0, 0.05) is 24.4 Å². The Hall–Kier alpha value is -2.52. The van der Waals surface area contributed by atoms with Crippen molar-refractivity contribution in [3.63, 3.8) is 0 Å². The summed E-state index contributed by atoms with van der Waals surface area (Å²) >= 11 is 5.08. The Morgan fingerprint density at radius 1 is 1.21 bits per heavy atom. The molecule has 7 rings (SSSR count). The summed E-state index contributed by atoms with van der Waals surface area (Å²) in [5.41, 5.74) is -2.23. The zero-order valence-corrected chi connectivity index (χ0v) is 24.6. The monoisotopic (exact) mass is 609 g/mol. The third-order valence-corrected chi connectivity index (χ3v) is 11.6. The van der Waals surface area contributed by atoms with Crippen LogP contribution >= 0.6 is 11.6 Å². The number of fused-ring (bicyclic) bond motifs is 1. The summed E-state index contributed by atoms with van der Waals surface area (Å²) in [6, 6.07) is -1.26. The van der Waals surface area contributed by atoms with Crippen LogP contribution in [0.2, 0.25) is 0 Å². The maximum Gasteiger partial charge on any atom is 0.399 e. The summed E-state index contributed by atoms with van der Waals surface area (Å²) in [6.07, 6.45) is 3.92. The van der Waals surface area contributed by atoms with Gasteiger partial charge in [-0.25, -0.2) is 0 Å². The van der Waals surface area contributed by atoms with E-state index in [1.165, 1.54) is 4.90 Å². The van der Waals surface area contributed by atoms with Crippen molar-refractivity contribution >= 4 is 35.2 Å². The summed E-state index contributed by atoms with van der Waals surface area (Å²) in [7, 11) is 0. The second-order valence-electron chi connectivity index (χ2n) is 14.5. The van der Waals surface area contributed by atoms with E-state index in [0.29, 0.717) is 38.6 Å². The van der Waals surface area contributed by atoms with E-state index in [2.05, 4.69) is 22.0 Å². The molecule has 2 saturated heterocycles. The standard InChI is InChI=1S/C29H38ClF2N5O5/c1-26(2)18-12-37(20(19(18)26)23(39)35-17(11-33)6-16-3-4-34-22(16)38)24(40)21(36-25(41)29(30,31)32)27-7-14-5-15(8-27)10-28(42,9-14)13-27/h14-21,42H,3-10,12-13H2,1-2H3,(H,34,38)(H,35,39)(H,36,41)/t14?,15?,16?,17-,18-,19-,20-,21+,27?,28?/m0/s1. The lowest BCUT2D eigenvalue weighted by Gasteiger charge is -2.62. The van der Waals surface area contributed by atoms with Gasteiger partial charge in [-0.05, 0) is 92.1 Å². The molecule has 0 aromatic rings. The Labute approximate surface area is 248 Å². The topological polar surface area (TPSA) is 152 Å². The maximum atomic E-state index is 14.4. The van der Waals surface area contributed by atoms with Crippen LogP contribution in [0.3, 0.4) is 0 Å². The molecular weight excluding hydrogens is 572 g/mol. The lowest BCUT2D eigenvalue weighted by molar-refractivity contribution is -0.183. The molecule has 4 N–H and O–H groups in total. The van der Waals surface area contributed by atoms with Gasteiger partial charge in [0.05, 0.1) is 11.7 Å². The van der Waals surface area contributed by atoms with Gasteiger partial charge in [-0.15, -0.1) is 0 Å². The number of nitrogens with one attached hydrogen (secondary N) is 3. The molecule has 5 aliphatic carbocycles. The van der Waals surface area contributed by atoms with Crippen LogP contribution in [-0.4, -0.2) is 75.8 Å². The highest BCUT2D eigenvalue weighted by Gasteiger charge is 2.71. The SMILES string of the molecule is CC1(C)[C@@H]2[C@@H](C(=O)N[C@H](C#N)CC3CCNC3=O)N(C(=O)[C@@H](NC(=O)C(F)(F)Cl)C34CC5CC(CC(O)(C5)C3)C4)C[C@@H]21. The molecule has 42 heavy (non-hydrogen) atoms. The van der Waals surface area contributed by atoms with Crippen molar-refractivity contribution in [2.24, 2.45) is 40.4 Å². The van der Waals surface area contributed by atoms with Crippen molar-refractivity contribution in [3.05, 3.63) is 0 Å². The first-order valence-corrected chi connectivity index (χ1v) is 15.3. The van der Waals surface area contributed by atoms with Crippen molar-refractivity contribution in [2.75, 3.05) is 13.1 Å². The molecule has 8 atom stereocenters. The maximum absolute atomic E-state index is 14.4. The lowest BCUT2D eigenvalue weighted by Crippen LogP contribution is -2.68. The number of hydrogen-bond acceptors (Lipinski definition) is 6. The van der Waals surface area contributed by atoms with Crippen molar-refractivity contribution in [1.82, 2.24) is 20.9 Å². The highest BCUT2D eigenvalue weighted by molar-refractivity contribution is 6.32. The lowest BCUT2D eigenvalue weighted by atomic mass is 9.46. The minimum absolute atomic E-state index is 0.0234. The number of rotatable bonds is 8. The third kappa shape index (κ3) is 4.84. The molecule has 4 bridgehead atoms. The van der Waals surface area contributed by atoms with Gasteiger partial charge in [0.15, 0.2) is 0 Å². The first-order chi connectivity index (χ1) is 19.6. The minimum Gasteiger partial charge on any atom is -0.390 e. The fourth-order valence-electron chi connectivity index (χ4n) is 9.85. The second-order valence-corrected chi connectivity index (χ2v) is 15.0. The minimum atomic E-state index is -4.24. The smallest absolute Gasteiger partial charge is 0.390 e. The number of carbonyl (C=O) groups is 4. The zero-order chi connectivity index (χ0) is 30.4. The van der Waals surface area contributed by atoms with Crippen molar-refractivity contribution in [2.45, 2.75) is 94.3 Å². The van der Waals surface area contributed by atoms with Crippen LogP contribution < -0.4 is 16.0 Å². The average molecular weight is 610 g/mol. The van der Waals surface area contributed by atoms with Crippen LogP contribution in [0.15, 0.2) is 0 Å². The number of nitrogens with zero attached hydrogens (tertiary/aromatic N) is 2. The number of likely N-dealkylation sites (tertiary alicyclic amines) is 1. The van der Waals surface area contributed by atoms with E-state index in [9.17, 15) is 38.3 Å². The van der Waals surface area contributed by atoms with Crippen molar-refractivity contribution in [3.8, 4) is 6.07 Å².